The van der Waals surface area contributed by atoms with Crippen molar-refractivity contribution < 1.29 is 26.2 Å². The first-order valence-electron chi connectivity index (χ1n) is 5.94. The summed E-state index contributed by atoms with van der Waals surface area (Å²) in [5, 5.41) is 0. The molecule has 0 unspecified atom stereocenters. The first-order chi connectivity index (χ1) is 9.77. The maximum absolute atomic E-state index is 12.4. The van der Waals surface area contributed by atoms with Crippen molar-refractivity contribution in [2.45, 2.75) is 25.2 Å². The van der Waals surface area contributed by atoms with Crippen LogP contribution in [-0.2, 0) is 19.1 Å². The number of hydrogen-bond acceptors (Lipinski definition) is 4. The number of rotatable bonds is 6. The number of ketones is 1. The molecule has 0 saturated heterocycles. The zero-order valence-corrected chi connectivity index (χ0v) is 12.2. The number of alkyl halides is 2. The van der Waals surface area contributed by atoms with Crippen molar-refractivity contribution in [3.63, 3.8) is 0 Å². The van der Waals surface area contributed by atoms with E-state index in [2.05, 4.69) is 4.18 Å². The molecule has 0 aromatic heterocycles. The van der Waals surface area contributed by atoms with Crippen LogP contribution in [-0.4, -0.2) is 20.6 Å². The fourth-order valence-electron chi connectivity index (χ4n) is 1.31. The number of carbonyl (C=O) groups excluding carboxylic acids is 1. The van der Waals surface area contributed by atoms with Gasteiger partial charge in [0.25, 0.3) is 5.78 Å². The van der Waals surface area contributed by atoms with Crippen molar-refractivity contribution in [3.8, 4) is 0 Å². The number of benzene rings is 1. The van der Waals surface area contributed by atoms with Crippen LogP contribution in [0, 0.1) is 6.92 Å². The summed E-state index contributed by atoms with van der Waals surface area (Å²) < 4.78 is 53.4. The summed E-state index contributed by atoms with van der Waals surface area (Å²) in [6.45, 7) is 3.34. The lowest BCUT2D eigenvalue weighted by Crippen LogP contribution is -2.18. The van der Waals surface area contributed by atoms with Gasteiger partial charge in [-0.15, -0.1) is 0 Å². The monoisotopic (exact) mass is 316 g/mol. The summed E-state index contributed by atoms with van der Waals surface area (Å²) in [6, 6.07) is 5.59. The second kappa shape index (κ2) is 7.12. The minimum Gasteiger partial charge on any atom is -0.375 e. The van der Waals surface area contributed by atoms with Crippen LogP contribution in [0.1, 0.15) is 12.5 Å². The molecule has 0 spiro atoms. The topological polar surface area (TPSA) is 60.4 Å². The van der Waals surface area contributed by atoms with Crippen molar-refractivity contribution in [1.29, 1.82) is 0 Å². The van der Waals surface area contributed by atoms with E-state index in [1.165, 1.54) is 36.4 Å². The molecule has 0 bridgehead atoms. The number of halogens is 2. The van der Waals surface area contributed by atoms with E-state index in [4.69, 9.17) is 0 Å². The standard InChI is InChI=1S/C14H14F2O4S/c1-3-4-5-12(13(17)14(15)16)20-21(18,19)11-8-6-10(2)7-9-11/h3-9,14H,1-2H3/b4-3+,12-5-. The summed E-state index contributed by atoms with van der Waals surface area (Å²) in [4.78, 5) is 11.0. The maximum Gasteiger partial charge on any atom is 0.339 e. The second-order valence-electron chi connectivity index (χ2n) is 4.07. The van der Waals surface area contributed by atoms with Gasteiger partial charge in [-0.3, -0.25) is 4.79 Å². The van der Waals surface area contributed by atoms with Crippen LogP contribution in [0.3, 0.4) is 0 Å². The average molecular weight is 316 g/mol. The van der Waals surface area contributed by atoms with E-state index in [1.807, 2.05) is 0 Å². The molecule has 0 aliphatic rings. The van der Waals surface area contributed by atoms with Crippen LogP contribution in [0.2, 0.25) is 0 Å². The molecule has 1 aromatic carbocycles. The van der Waals surface area contributed by atoms with E-state index in [0.29, 0.717) is 0 Å². The Hall–Kier alpha value is -2.02. The fraction of sp³-hybridized carbons (Fsp3) is 0.214. The lowest BCUT2D eigenvalue weighted by Gasteiger charge is -2.09. The number of Topliss-reactive ketones (excluding diaryl/α,β-unsaturated/α-hetero) is 1. The van der Waals surface area contributed by atoms with Gasteiger partial charge in [-0.25, -0.2) is 8.78 Å². The summed E-state index contributed by atoms with van der Waals surface area (Å²) in [6.07, 6.45) is 0.218. The van der Waals surface area contributed by atoms with Gasteiger partial charge in [-0.2, -0.15) is 8.42 Å². The molecule has 0 aliphatic carbocycles. The van der Waals surface area contributed by atoms with Crippen molar-refractivity contribution >= 4 is 15.9 Å². The number of hydrogen-bond donors (Lipinski definition) is 0. The number of carbonyl (C=O) groups is 1. The first kappa shape index (κ1) is 17.0. The van der Waals surface area contributed by atoms with E-state index >= 15 is 0 Å². The van der Waals surface area contributed by atoms with Gasteiger partial charge >= 0.3 is 16.5 Å². The zero-order valence-electron chi connectivity index (χ0n) is 11.4. The van der Waals surface area contributed by atoms with E-state index < -0.39 is 28.1 Å². The van der Waals surface area contributed by atoms with Gasteiger partial charge in [-0.05, 0) is 32.1 Å². The summed E-state index contributed by atoms with van der Waals surface area (Å²) >= 11 is 0. The molecule has 0 radical (unpaired) electrons. The quantitative estimate of drug-likeness (QED) is 0.350. The second-order valence-corrected chi connectivity index (χ2v) is 5.62. The van der Waals surface area contributed by atoms with Gasteiger partial charge in [0, 0.05) is 0 Å². The summed E-state index contributed by atoms with van der Waals surface area (Å²) in [5.41, 5.74) is 0.822. The Kier molecular flexibility index (Phi) is 5.78. The van der Waals surface area contributed by atoms with Crippen LogP contribution < -0.4 is 0 Å². The van der Waals surface area contributed by atoms with Gasteiger partial charge in [0.2, 0.25) is 0 Å². The molecule has 0 N–H and O–H groups in total. The normalized spacial score (nSPS) is 12.9. The molecule has 0 aliphatic heterocycles. The van der Waals surface area contributed by atoms with Gasteiger partial charge in [0.1, 0.15) is 4.90 Å². The van der Waals surface area contributed by atoms with E-state index in [1.54, 1.807) is 13.8 Å². The molecule has 0 heterocycles. The Bertz CT molecular complexity index is 659. The summed E-state index contributed by atoms with van der Waals surface area (Å²) in [7, 11) is -4.34. The third kappa shape index (κ3) is 4.78. The van der Waals surface area contributed by atoms with E-state index in [9.17, 15) is 22.0 Å². The first-order valence-corrected chi connectivity index (χ1v) is 7.35. The molecule has 0 fully saturated rings. The summed E-state index contributed by atoms with van der Waals surface area (Å²) in [5.74, 6) is -2.62. The fourth-order valence-corrected chi connectivity index (χ4v) is 2.25. The van der Waals surface area contributed by atoms with Gasteiger partial charge in [0.15, 0.2) is 5.76 Å². The lowest BCUT2D eigenvalue weighted by atomic mass is 10.2. The average Bonchev–Trinajstić information content (AvgIpc) is 2.43. The molecule has 1 rings (SSSR count). The van der Waals surface area contributed by atoms with Crippen molar-refractivity contribution in [1.82, 2.24) is 0 Å². The number of allylic oxidation sites excluding steroid dienone is 4. The molecular weight excluding hydrogens is 302 g/mol. The smallest absolute Gasteiger partial charge is 0.339 e. The van der Waals surface area contributed by atoms with Gasteiger partial charge in [0.05, 0.1) is 0 Å². The third-order valence-corrected chi connectivity index (χ3v) is 3.64. The highest BCUT2D eigenvalue weighted by Crippen LogP contribution is 2.18. The van der Waals surface area contributed by atoms with Crippen LogP contribution in [0.5, 0.6) is 0 Å². The highest BCUT2D eigenvalue weighted by Gasteiger charge is 2.27. The molecule has 7 heteroatoms. The third-order valence-electron chi connectivity index (χ3n) is 2.39. The molecule has 21 heavy (non-hydrogen) atoms. The minimum atomic E-state index is -4.34. The predicted molar refractivity (Wildman–Crippen MR) is 73.4 cm³/mol. The van der Waals surface area contributed by atoms with Crippen LogP contribution in [0.25, 0.3) is 0 Å². The van der Waals surface area contributed by atoms with E-state index in [0.717, 1.165) is 11.6 Å². The SMILES string of the molecule is C/C=C/C=C(\OS(=O)(=O)c1ccc(C)cc1)C(=O)C(F)F. The Morgan fingerprint density at radius 1 is 1.24 bits per heavy atom. The zero-order chi connectivity index (χ0) is 16.0. The highest BCUT2D eigenvalue weighted by molar-refractivity contribution is 7.86. The Morgan fingerprint density at radius 2 is 1.81 bits per heavy atom. The molecular formula is C14H14F2O4S. The Morgan fingerprint density at radius 3 is 2.29 bits per heavy atom. The number of aryl methyl sites for hydroxylation is 1. The largest absolute Gasteiger partial charge is 0.375 e. The van der Waals surface area contributed by atoms with Crippen molar-refractivity contribution in [2.24, 2.45) is 0 Å². The highest BCUT2D eigenvalue weighted by atomic mass is 32.2. The van der Waals surface area contributed by atoms with Crippen LogP contribution in [0.15, 0.2) is 53.1 Å². The lowest BCUT2D eigenvalue weighted by molar-refractivity contribution is -0.127. The molecule has 1 aromatic rings. The van der Waals surface area contributed by atoms with Crippen molar-refractivity contribution in [3.05, 3.63) is 53.8 Å². The molecule has 4 nitrogen and oxygen atoms in total. The predicted octanol–water partition coefficient (Wildman–Crippen LogP) is 2.99. The van der Waals surface area contributed by atoms with Crippen LogP contribution in [0.4, 0.5) is 8.78 Å². The molecule has 114 valence electrons. The molecule has 0 amide bonds. The van der Waals surface area contributed by atoms with Crippen molar-refractivity contribution in [2.75, 3.05) is 0 Å². The van der Waals surface area contributed by atoms with E-state index in [-0.39, 0.29) is 4.90 Å². The van der Waals surface area contributed by atoms with Gasteiger partial charge in [-0.1, -0.05) is 29.8 Å². The minimum absolute atomic E-state index is 0.221. The Labute approximate surface area is 121 Å². The molecule has 0 saturated carbocycles. The van der Waals surface area contributed by atoms with Crippen LogP contribution >= 0.6 is 0 Å². The van der Waals surface area contributed by atoms with Gasteiger partial charge < -0.3 is 4.18 Å². The molecule has 0 atom stereocenters. The Balaban J connectivity index is 3.13. The maximum atomic E-state index is 12.4.